The molecule has 104 valence electrons. The Bertz CT molecular complexity index is 827. The first-order chi connectivity index (χ1) is 10.1. The van der Waals surface area contributed by atoms with E-state index in [1.165, 1.54) is 24.3 Å². The van der Waals surface area contributed by atoms with Crippen LogP contribution in [0.2, 0.25) is 0 Å². The van der Waals surface area contributed by atoms with Gasteiger partial charge in [0.2, 0.25) is 4.77 Å². The van der Waals surface area contributed by atoms with E-state index in [-0.39, 0.29) is 16.4 Å². The summed E-state index contributed by atoms with van der Waals surface area (Å²) in [4.78, 5) is 4.25. The topological polar surface area (TPSA) is 41.6 Å². The minimum atomic E-state index is -0.337. The molecule has 3 aromatic rings. The van der Waals surface area contributed by atoms with Gasteiger partial charge in [-0.1, -0.05) is 0 Å². The van der Waals surface area contributed by atoms with E-state index < -0.39 is 0 Å². The third kappa shape index (κ3) is 2.85. The molecule has 1 N–H and O–H groups in total. The van der Waals surface area contributed by atoms with Gasteiger partial charge < -0.3 is 0 Å². The number of nitrogens with one attached hydrogen (secondary N) is 1. The number of nitrogens with zero attached hydrogens (tertiary/aromatic N) is 2. The zero-order valence-corrected chi connectivity index (χ0v) is 11.5. The van der Waals surface area contributed by atoms with Crippen molar-refractivity contribution in [1.82, 2.24) is 15.2 Å². The van der Waals surface area contributed by atoms with Crippen LogP contribution in [0.3, 0.4) is 0 Å². The number of aromatic nitrogens is 3. The summed E-state index contributed by atoms with van der Waals surface area (Å²) in [6.45, 7) is 0. The van der Waals surface area contributed by atoms with E-state index in [2.05, 4.69) is 15.2 Å². The maximum atomic E-state index is 13.0. The standard InChI is InChI=1S/C15H9F2N3S/c16-11-5-1-9(2-6-11)13-14(19-20-15(21)18-13)10-3-7-12(17)8-4-10/h1-8H,(H,18,20,21). The van der Waals surface area contributed by atoms with Crippen molar-refractivity contribution in [2.75, 3.05) is 0 Å². The Morgan fingerprint density at radius 2 is 1.24 bits per heavy atom. The Labute approximate surface area is 124 Å². The first-order valence-corrected chi connectivity index (χ1v) is 6.53. The van der Waals surface area contributed by atoms with Gasteiger partial charge in [0, 0.05) is 11.1 Å². The van der Waals surface area contributed by atoms with Crippen LogP contribution in [0.1, 0.15) is 0 Å². The maximum Gasteiger partial charge on any atom is 0.214 e. The molecule has 0 spiro atoms. The summed E-state index contributed by atoms with van der Waals surface area (Å²) in [7, 11) is 0. The zero-order chi connectivity index (χ0) is 14.8. The second kappa shape index (κ2) is 5.49. The highest BCUT2D eigenvalue weighted by molar-refractivity contribution is 7.71. The zero-order valence-electron chi connectivity index (χ0n) is 10.7. The molecule has 0 bridgehead atoms. The Balaban J connectivity index is 2.19. The lowest BCUT2D eigenvalue weighted by Gasteiger charge is -2.07. The number of benzene rings is 2. The highest BCUT2D eigenvalue weighted by Crippen LogP contribution is 2.28. The lowest BCUT2D eigenvalue weighted by molar-refractivity contribution is 0.627. The van der Waals surface area contributed by atoms with E-state index in [1.807, 2.05) is 0 Å². The van der Waals surface area contributed by atoms with Gasteiger partial charge in [0.1, 0.15) is 23.0 Å². The lowest BCUT2D eigenvalue weighted by Crippen LogP contribution is -1.97. The first-order valence-electron chi connectivity index (χ1n) is 6.12. The van der Waals surface area contributed by atoms with Crippen LogP contribution in [0.4, 0.5) is 8.78 Å². The number of aromatic amines is 1. The Morgan fingerprint density at radius 3 is 1.76 bits per heavy atom. The second-order valence-corrected chi connectivity index (χ2v) is 4.74. The van der Waals surface area contributed by atoms with Crippen LogP contribution in [0, 0.1) is 16.4 Å². The molecule has 0 fully saturated rings. The van der Waals surface area contributed by atoms with E-state index >= 15 is 0 Å². The van der Waals surface area contributed by atoms with Crippen molar-refractivity contribution in [3.63, 3.8) is 0 Å². The van der Waals surface area contributed by atoms with Crippen molar-refractivity contribution in [3.05, 3.63) is 64.9 Å². The minimum Gasteiger partial charge on any atom is -0.251 e. The predicted molar refractivity (Wildman–Crippen MR) is 78.0 cm³/mol. The predicted octanol–water partition coefficient (Wildman–Crippen LogP) is 4.15. The summed E-state index contributed by atoms with van der Waals surface area (Å²) in [5.74, 6) is -0.671. The van der Waals surface area contributed by atoms with Crippen molar-refractivity contribution in [3.8, 4) is 22.5 Å². The summed E-state index contributed by atoms with van der Waals surface area (Å²) in [6, 6.07) is 11.8. The van der Waals surface area contributed by atoms with Gasteiger partial charge >= 0.3 is 0 Å². The molecular formula is C15H9F2N3S. The van der Waals surface area contributed by atoms with Crippen LogP contribution in [-0.2, 0) is 0 Å². The Morgan fingerprint density at radius 1 is 0.762 bits per heavy atom. The second-order valence-electron chi connectivity index (χ2n) is 4.35. The number of hydrogen-bond donors (Lipinski definition) is 1. The number of H-pyrrole nitrogens is 1. The maximum absolute atomic E-state index is 13.0. The van der Waals surface area contributed by atoms with Gasteiger partial charge in [-0.3, -0.25) is 5.10 Å². The Hall–Kier alpha value is -2.47. The van der Waals surface area contributed by atoms with Gasteiger partial charge in [-0.15, -0.1) is 0 Å². The molecule has 1 heterocycles. The van der Waals surface area contributed by atoms with Crippen LogP contribution in [0.25, 0.3) is 22.5 Å². The van der Waals surface area contributed by atoms with Crippen LogP contribution in [0.15, 0.2) is 48.5 Å². The summed E-state index contributed by atoms with van der Waals surface area (Å²) < 4.78 is 26.3. The molecule has 0 aliphatic heterocycles. The van der Waals surface area contributed by atoms with E-state index in [0.717, 1.165) is 0 Å². The molecule has 3 nitrogen and oxygen atoms in total. The van der Waals surface area contributed by atoms with E-state index in [0.29, 0.717) is 22.5 Å². The Kier molecular flexibility index (Phi) is 3.53. The molecule has 21 heavy (non-hydrogen) atoms. The average Bonchev–Trinajstić information content (AvgIpc) is 2.49. The first kappa shape index (κ1) is 13.5. The van der Waals surface area contributed by atoms with Gasteiger partial charge in [0.15, 0.2) is 0 Å². The quantitative estimate of drug-likeness (QED) is 0.723. The molecule has 0 aliphatic carbocycles. The molecule has 0 unspecified atom stereocenters. The summed E-state index contributed by atoms with van der Waals surface area (Å²) in [6.07, 6.45) is 0. The van der Waals surface area contributed by atoms with Crippen molar-refractivity contribution >= 4 is 12.2 Å². The van der Waals surface area contributed by atoms with Crippen LogP contribution in [0.5, 0.6) is 0 Å². The number of rotatable bonds is 2. The van der Waals surface area contributed by atoms with E-state index in [9.17, 15) is 8.78 Å². The molecule has 0 saturated carbocycles. The highest BCUT2D eigenvalue weighted by atomic mass is 32.1. The number of hydrogen-bond acceptors (Lipinski definition) is 3. The van der Waals surface area contributed by atoms with Gasteiger partial charge in [0.25, 0.3) is 0 Å². The molecule has 0 aliphatic rings. The molecule has 0 amide bonds. The summed E-state index contributed by atoms with van der Waals surface area (Å²) in [5, 5.41) is 6.79. The highest BCUT2D eigenvalue weighted by Gasteiger charge is 2.11. The average molecular weight is 301 g/mol. The van der Waals surface area contributed by atoms with Crippen LogP contribution < -0.4 is 0 Å². The molecular weight excluding hydrogens is 292 g/mol. The molecule has 0 saturated heterocycles. The third-order valence-electron chi connectivity index (χ3n) is 2.94. The minimum absolute atomic E-state index is 0.222. The normalized spacial score (nSPS) is 10.6. The monoisotopic (exact) mass is 301 g/mol. The summed E-state index contributed by atoms with van der Waals surface area (Å²) in [5.41, 5.74) is 2.42. The smallest absolute Gasteiger partial charge is 0.214 e. The molecule has 1 aromatic heterocycles. The van der Waals surface area contributed by atoms with Crippen LogP contribution in [-0.4, -0.2) is 15.2 Å². The van der Waals surface area contributed by atoms with Gasteiger partial charge in [-0.05, 0) is 60.7 Å². The third-order valence-corrected chi connectivity index (χ3v) is 3.12. The van der Waals surface area contributed by atoms with Crippen LogP contribution >= 0.6 is 12.2 Å². The lowest BCUT2D eigenvalue weighted by atomic mass is 10.0. The summed E-state index contributed by atoms with van der Waals surface area (Å²) >= 11 is 4.99. The largest absolute Gasteiger partial charge is 0.251 e. The van der Waals surface area contributed by atoms with Crippen molar-refractivity contribution in [2.45, 2.75) is 0 Å². The van der Waals surface area contributed by atoms with Gasteiger partial charge in [-0.25, -0.2) is 13.8 Å². The fourth-order valence-corrected chi connectivity index (χ4v) is 2.09. The molecule has 2 aromatic carbocycles. The fourth-order valence-electron chi connectivity index (χ4n) is 1.95. The fraction of sp³-hybridized carbons (Fsp3) is 0. The van der Waals surface area contributed by atoms with Gasteiger partial charge in [0.05, 0.1) is 0 Å². The SMILES string of the molecule is Fc1ccc(-c2n[nH]c(=S)nc2-c2ccc(F)cc2)cc1. The molecule has 0 atom stereocenters. The van der Waals surface area contributed by atoms with E-state index in [4.69, 9.17) is 12.2 Å². The molecule has 0 radical (unpaired) electrons. The van der Waals surface area contributed by atoms with E-state index in [1.54, 1.807) is 24.3 Å². The van der Waals surface area contributed by atoms with Gasteiger partial charge in [-0.2, -0.15) is 5.10 Å². The van der Waals surface area contributed by atoms with Crippen molar-refractivity contribution in [1.29, 1.82) is 0 Å². The number of halogens is 2. The van der Waals surface area contributed by atoms with Crippen molar-refractivity contribution < 1.29 is 8.78 Å². The molecule has 3 rings (SSSR count). The molecule has 6 heteroatoms. The van der Waals surface area contributed by atoms with Crippen molar-refractivity contribution in [2.24, 2.45) is 0 Å².